The highest BCUT2D eigenvalue weighted by Gasteiger charge is 2.07. The minimum absolute atomic E-state index is 0.359. The van der Waals surface area contributed by atoms with Crippen molar-refractivity contribution < 1.29 is 19.0 Å². The normalized spacial score (nSPS) is 10.0. The summed E-state index contributed by atoms with van der Waals surface area (Å²) in [6.45, 7) is 0.363. The molecule has 5 nitrogen and oxygen atoms in total. The monoisotopic (exact) mass is 287 g/mol. The summed E-state index contributed by atoms with van der Waals surface area (Å²) in [5.74, 6) is 0.840. The molecular formula is C16H17NO4. The standard InChI is InChI=1S/C16H17NO4/c1-19-15-9-13(17)7-8-14(15)21-10-11-3-5-12(6-4-11)16(18)20-2/h3-9H,10,17H2,1-2H3. The van der Waals surface area contributed by atoms with Crippen LogP contribution in [0.15, 0.2) is 42.5 Å². The number of carbonyl (C=O) groups excluding carboxylic acids is 1. The van der Waals surface area contributed by atoms with Crippen LogP contribution in [0.5, 0.6) is 11.5 Å². The zero-order chi connectivity index (χ0) is 15.2. The zero-order valence-corrected chi connectivity index (χ0v) is 12.0. The molecular weight excluding hydrogens is 270 g/mol. The van der Waals surface area contributed by atoms with Crippen molar-refractivity contribution in [3.8, 4) is 11.5 Å². The van der Waals surface area contributed by atoms with Crippen LogP contribution in [0.4, 0.5) is 5.69 Å². The van der Waals surface area contributed by atoms with Crippen LogP contribution in [0.25, 0.3) is 0 Å². The van der Waals surface area contributed by atoms with Gasteiger partial charge in [0.25, 0.3) is 0 Å². The fourth-order valence-electron chi connectivity index (χ4n) is 1.82. The van der Waals surface area contributed by atoms with E-state index in [1.165, 1.54) is 7.11 Å². The third kappa shape index (κ3) is 3.66. The first-order chi connectivity index (χ1) is 10.1. The minimum atomic E-state index is -0.359. The van der Waals surface area contributed by atoms with E-state index in [4.69, 9.17) is 15.2 Å². The lowest BCUT2D eigenvalue weighted by Gasteiger charge is -2.11. The molecule has 0 fully saturated rings. The summed E-state index contributed by atoms with van der Waals surface area (Å²) in [7, 11) is 2.92. The molecule has 0 amide bonds. The summed E-state index contributed by atoms with van der Waals surface area (Å²) in [5, 5.41) is 0. The van der Waals surface area contributed by atoms with Gasteiger partial charge in [-0.05, 0) is 29.8 Å². The number of methoxy groups -OCH3 is 2. The molecule has 0 saturated heterocycles. The zero-order valence-electron chi connectivity index (χ0n) is 12.0. The third-order valence-electron chi connectivity index (χ3n) is 2.96. The SMILES string of the molecule is COC(=O)c1ccc(COc2ccc(N)cc2OC)cc1. The molecule has 0 aliphatic carbocycles. The molecule has 0 heterocycles. The van der Waals surface area contributed by atoms with Gasteiger partial charge in [0, 0.05) is 11.8 Å². The van der Waals surface area contributed by atoms with E-state index in [0.717, 1.165) is 5.56 Å². The molecule has 0 aliphatic heterocycles. The molecule has 0 saturated carbocycles. The molecule has 0 radical (unpaired) electrons. The maximum Gasteiger partial charge on any atom is 0.337 e. The lowest BCUT2D eigenvalue weighted by molar-refractivity contribution is 0.0600. The number of rotatable bonds is 5. The number of carbonyl (C=O) groups is 1. The van der Waals surface area contributed by atoms with Gasteiger partial charge >= 0.3 is 5.97 Å². The van der Waals surface area contributed by atoms with Gasteiger partial charge in [-0.25, -0.2) is 4.79 Å². The van der Waals surface area contributed by atoms with Crippen molar-refractivity contribution in [2.45, 2.75) is 6.61 Å². The number of ether oxygens (including phenoxy) is 3. The summed E-state index contributed by atoms with van der Waals surface area (Å²) >= 11 is 0. The molecule has 2 N–H and O–H groups in total. The maximum absolute atomic E-state index is 11.3. The molecule has 2 aromatic carbocycles. The second-order valence-corrected chi connectivity index (χ2v) is 4.39. The Morgan fingerprint density at radius 3 is 2.38 bits per heavy atom. The number of anilines is 1. The minimum Gasteiger partial charge on any atom is -0.493 e. The Bertz CT molecular complexity index is 623. The largest absolute Gasteiger partial charge is 0.493 e. The number of hydrogen-bond donors (Lipinski definition) is 1. The van der Waals surface area contributed by atoms with E-state index in [0.29, 0.717) is 29.4 Å². The molecule has 5 heteroatoms. The second-order valence-electron chi connectivity index (χ2n) is 4.39. The highest BCUT2D eigenvalue weighted by atomic mass is 16.5. The van der Waals surface area contributed by atoms with Crippen LogP contribution < -0.4 is 15.2 Å². The van der Waals surface area contributed by atoms with E-state index in [-0.39, 0.29) is 5.97 Å². The average Bonchev–Trinajstić information content (AvgIpc) is 2.53. The van der Waals surface area contributed by atoms with E-state index in [1.54, 1.807) is 37.4 Å². The Labute approximate surface area is 123 Å². The summed E-state index contributed by atoms with van der Waals surface area (Å²) in [5.41, 5.74) is 7.74. The van der Waals surface area contributed by atoms with Gasteiger partial charge in [-0.2, -0.15) is 0 Å². The Morgan fingerprint density at radius 1 is 1.05 bits per heavy atom. The van der Waals surface area contributed by atoms with Gasteiger partial charge in [0.1, 0.15) is 6.61 Å². The summed E-state index contributed by atoms with van der Waals surface area (Å²) in [4.78, 5) is 11.3. The topological polar surface area (TPSA) is 70.8 Å². The Balaban J connectivity index is 2.05. The van der Waals surface area contributed by atoms with E-state index in [2.05, 4.69) is 4.74 Å². The molecule has 2 aromatic rings. The molecule has 0 spiro atoms. The van der Waals surface area contributed by atoms with Crippen LogP contribution >= 0.6 is 0 Å². The molecule has 0 unspecified atom stereocenters. The Hall–Kier alpha value is -2.69. The van der Waals surface area contributed by atoms with Crippen molar-refractivity contribution in [3.63, 3.8) is 0 Å². The number of benzene rings is 2. The van der Waals surface area contributed by atoms with E-state index < -0.39 is 0 Å². The number of nitrogens with two attached hydrogens (primary N) is 1. The quantitative estimate of drug-likeness (QED) is 0.676. The molecule has 0 bridgehead atoms. The van der Waals surface area contributed by atoms with Gasteiger partial charge < -0.3 is 19.9 Å². The summed E-state index contributed by atoms with van der Waals surface area (Å²) in [6.07, 6.45) is 0. The fourth-order valence-corrected chi connectivity index (χ4v) is 1.82. The third-order valence-corrected chi connectivity index (χ3v) is 2.96. The van der Waals surface area contributed by atoms with Crippen molar-refractivity contribution in [1.82, 2.24) is 0 Å². The van der Waals surface area contributed by atoms with Crippen molar-refractivity contribution >= 4 is 11.7 Å². The van der Waals surface area contributed by atoms with Gasteiger partial charge in [-0.15, -0.1) is 0 Å². The summed E-state index contributed by atoms with van der Waals surface area (Å²) < 4.78 is 15.6. The lowest BCUT2D eigenvalue weighted by atomic mass is 10.1. The highest BCUT2D eigenvalue weighted by molar-refractivity contribution is 5.89. The fraction of sp³-hybridized carbons (Fsp3) is 0.188. The van der Waals surface area contributed by atoms with Crippen LogP contribution in [-0.4, -0.2) is 20.2 Å². The second kappa shape index (κ2) is 6.65. The smallest absolute Gasteiger partial charge is 0.337 e. The number of hydrogen-bond acceptors (Lipinski definition) is 5. The van der Waals surface area contributed by atoms with Crippen molar-refractivity contribution in [1.29, 1.82) is 0 Å². The first kappa shape index (κ1) is 14.7. The van der Waals surface area contributed by atoms with Gasteiger partial charge in [0.2, 0.25) is 0 Å². The molecule has 2 rings (SSSR count). The van der Waals surface area contributed by atoms with Gasteiger partial charge in [0.15, 0.2) is 11.5 Å². The van der Waals surface area contributed by atoms with Crippen LogP contribution in [0, 0.1) is 0 Å². The molecule has 21 heavy (non-hydrogen) atoms. The van der Waals surface area contributed by atoms with E-state index in [1.807, 2.05) is 12.1 Å². The first-order valence-corrected chi connectivity index (χ1v) is 6.37. The maximum atomic E-state index is 11.3. The van der Waals surface area contributed by atoms with Crippen LogP contribution in [-0.2, 0) is 11.3 Å². The van der Waals surface area contributed by atoms with Crippen molar-refractivity contribution in [2.75, 3.05) is 20.0 Å². The van der Waals surface area contributed by atoms with Gasteiger partial charge in [-0.3, -0.25) is 0 Å². The van der Waals surface area contributed by atoms with E-state index >= 15 is 0 Å². The lowest BCUT2D eigenvalue weighted by Crippen LogP contribution is -2.02. The first-order valence-electron chi connectivity index (χ1n) is 6.37. The average molecular weight is 287 g/mol. The van der Waals surface area contributed by atoms with Crippen molar-refractivity contribution in [2.24, 2.45) is 0 Å². The summed E-state index contributed by atoms with van der Waals surface area (Å²) in [6, 6.07) is 12.2. The van der Waals surface area contributed by atoms with Crippen LogP contribution in [0.2, 0.25) is 0 Å². The number of nitrogen functional groups attached to an aromatic ring is 1. The Morgan fingerprint density at radius 2 is 1.76 bits per heavy atom. The van der Waals surface area contributed by atoms with Crippen LogP contribution in [0.3, 0.4) is 0 Å². The highest BCUT2D eigenvalue weighted by Crippen LogP contribution is 2.29. The predicted molar refractivity (Wildman–Crippen MR) is 79.5 cm³/mol. The predicted octanol–water partition coefficient (Wildman–Crippen LogP) is 2.64. The van der Waals surface area contributed by atoms with Crippen molar-refractivity contribution in [3.05, 3.63) is 53.6 Å². The van der Waals surface area contributed by atoms with Gasteiger partial charge in [-0.1, -0.05) is 12.1 Å². The molecule has 0 aromatic heterocycles. The van der Waals surface area contributed by atoms with E-state index in [9.17, 15) is 4.79 Å². The Kier molecular flexibility index (Phi) is 4.66. The van der Waals surface area contributed by atoms with Crippen LogP contribution in [0.1, 0.15) is 15.9 Å². The molecule has 0 aliphatic rings. The van der Waals surface area contributed by atoms with Gasteiger partial charge in [0.05, 0.1) is 19.8 Å². The number of esters is 1. The molecule has 0 atom stereocenters. The molecule has 110 valence electrons.